The van der Waals surface area contributed by atoms with Gasteiger partial charge in [0.2, 0.25) is 0 Å². The number of hydrogen-bond acceptors (Lipinski definition) is 5. The van der Waals surface area contributed by atoms with Gasteiger partial charge in [-0.25, -0.2) is 9.97 Å². The van der Waals surface area contributed by atoms with E-state index < -0.39 is 0 Å². The molecule has 0 amide bonds. The second-order valence-electron chi connectivity index (χ2n) is 5.60. The van der Waals surface area contributed by atoms with Gasteiger partial charge in [0.1, 0.15) is 4.83 Å². The molecule has 25 heavy (non-hydrogen) atoms. The normalized spacial score (nSPS) is 11.3. The van der Waals surface area contributed by atoms with E-state index in [1.54, 1.807) is 22.2 Å². The van der Waals surface area contributed by atoms with Crippen molar-refractivity contribution in [3.05, 3.63) is 67.4 Å². The summed E-state index contributed by atoms with van der Waals surface area (Å²) < 4.78 is 1.63. The minimum atomic E-state index is -0.0396. The maximum atomic E-state index is 13.0. The first-order valence-corrected chi connectivity index (χ1v) is 9.95. The number of nitrogens with zero attached hydrogens (tertiary/aromatic N) is 3. The van der Waals surface area contributed by atoms with E-state index in [0.717, 1.165) is 33.1 Å². The van der Waals surface area contributed by atoms with Gasteiger partial charge < -0.3 is 0 Å². The number of halogens is 1. The fraction of sp³-hybridized carbons (Fsp3) is 0.167. The molecule has 0 atom stereocenters. The average Bonchev–Trinajstić information content (AvgIpc) is 3.25. The Morgan fingerprint density at radius 2 is 1.96 bits per heavy atom. The molecule has 126 valence electrons. The molecule has 0 aliphatic heterocycles. The van der Waals surface area contributed by atoms with E-state index in [4.69, 9.17) is 11.6 Å². The van der Waals surface area contributed by atoms with Gasteiger partial charge in [0.15, 0.2) is 0 Å². The highest BCUT2D eigenvalue weighted by atomic mass is 35.5. The van der Waals surface area contributed by atoms with Crippen LogP contribution in [0.1, 0.15) is 17.6 Å². The topological polar surface area (TPSA) is 47.8 Å². The van der Waals surface area contributed by atoms with Gasteiger partial charge in [-0.2, -0.15) is 0 Å². The maximum absolute atomic E-state index is 13.0. The van der Waals surface area contributed by atoms with E-state index in [1.807, 2.05) is 35.0 Å². The summed E-state index contributed by atoms with van der Waals surface area (Å²) in [4.78, 5) is 22.8. The van der Waals surface area contributed by atoms with E-state index in [1.165, 1.54) is 11.3 Å². The number of benzene rings is 1. The van der Waals surface area contributed by atoms with Crippen LogP contribution >= 0.6 is 34.3 Å². The molecule has 0 bridgehead atoms. The molecule has 0 radical (unpaired) electrons. The molecule has 7 heteroatoms. The highest BCUT2D eigenvalue weighted by Crippen LogP contribution is 2.31. The summed E-state index contributed by atoms with van der Waals surface area (Å²) >= 11 is 9.07. The summed E-state index contributed by atoms with van der Waals surface area (Å²) in [6, 6.07) is 7.51. The number of fused-ring (bicyclic) bond motifs is 1. The van der Waals surface area contributed by atoms with Crippen LogP contribution in [0.15, 0.2) is 46.1 Å². The Bertz CT molecular complexity index is 1100. The second-order valence-corrected chi connectivity index (χ2v) is 7.84. The van der Waals surface area contributed by atoms with Gasteiger partial charge >= 0.3 is 0 Å². The molecule has 0 N–H and O–H groups in total. The fourth-order valence-corrected chi connectivity index (χ4v) is 4.45. The van der Waals surface area contributed by atoms with Gasteiger partial charge in [-0.15, -0.1) is 22.7 Å². The average molecular weight is 388 g/mol. The van der Waals surface area contributed by atoms with Crippen LogP contribution in [0.2, 0.25) is 5.02 Å². The molecular weight excluding hydrogens is 374 g/mol. The molecule has 3 aromatic heterocycles. The third-order valence-electron chi connectivity index (χ3n) is 3.95. The van der Waals surface area contributed by atoms with Crippen LogP contribution in [0.25, 0.3) is 21.3 Å². The van der Waals surface area contributed by atoms with Gasteiger partial charge in [0.25, 0.3) is 5.56 Å². The van der Waals surface area contributed by atoms with Crippen molar-refractivity contribution >= 4 is 44.5 Å². The Balaban J connectivity index is 1.80. The summed E-state index contributed by atoms with van der Waals surface area (Å²) in [5.74, 6) is 0. The number of thiophene rings is 1. The maximum Gasteiger partial charge on any atom is 0.263 e. The van der Waals surface area contributed by atoms with E-state index in [2.05, 4.69) is 16.9 Å². The summed E-state index contributed by atoms with van der Waals surface area (Å²) in [5, 5.41) is 6.39. The summed E-state index contributed by atoms with van der Waals surface area (Å²) in [5.41, 5.74) is 2.72. The van der Waals surface area contributed by atoms with E-state index in [-0.39, 0.29) is 5.56 Å². The Hall–Kier alpha value is -2.02. The van der Waals surface area contributed by atoms with Gasteiger partial charge in [-0.3, -0.25) is 9.36 Å². The third-order valence-corrected chi connectivity index (χ3v) is 6.13. The number of aromatic nitrogens is 3. The largest absolute Gasteiger partial charge is 0.293 e. The molecule has 1 aromatic carbocycles. The number of thiazole rings is 1. The van der Waals surface area contributed by atoms with Crippen molar-refractivity contribution in [3.8, 4) is 11.1 Å². The molecule has 3 heterocycles. The summed E-state index contributed by atoms with van der Waals surface area (Å²) in [6.45, 7) is 2.51. The highest BCUT2D eigenvalue weighted by molar-refractivity contribution is 7.17. The molecule has 0 aliphatic rings. The predicted molar refractivity (Wildman–Crippen MR) is 105 cm³/mol. The molecule has 0 fully saturated rings. The van der Waals surface area contributed by atoms with Crippen LogP contribution < -0.4 is 5.56 Å². The van der Waals surface area contributed by atoms with Crippen LogP contribution in [0.4, 0.5) is 0 Å². The molecule has 0 unspecified atom stereocenters. The van der Waals surface area contributed by atoms with Gasteiger partial charge in [-0.1, -0.05) is 30.7 Å². The number of hydrogen-bond donors (Lipinski definition) is 0. The SMILES string of the molecule is CCc1nc(Cn2cnc3scc(-c4ccc(Cl)cc4)c3c2=O)cs1. The quantitative estimate of drug-likeness (QED) is 0.503. The predicted octanol–water partition coefficient (Wildman–Crippen LogP) is 4.85. The monoisotopic (exact) mass is 387 g/mol. The zero-order valence-corrected chi connectivity index (χ0v) is 15.8. The zero-order chi connectivity index (χ0) is 17.4. The molecule has 4 nitrogen and oxygen atoms in total. The molecule has 0 spiro atoms. The molecular formula is C18H14ClN3OS2. The minimum absolute atomic E-state index is 0.0396. The molecule has 4 aromatic rings. The smallest absolute Gasteiger partial charge is 0.263 e. The standard InChI is InChI=1S/C18H14ClN3OS2/c1-2-15-21-13(8-24-15)7-22-10-20-17-16(18(22)23)14(9-25-17)11-3-5-12(19)6-4-11/h3-6,8-10H,2,7H2,1H3. The fourth-order valence-electron chi connectivity index (χ4n) is 2.68. The lowest BCUT2D eigenvalue weighted by molar-refractivity contribution is 0.732. The first-order chi connectivity index (χ1) is 12.2. The number of aryl methyl sites for hydroxylation is 1. The van der Waals surface area contributed by atoms with Crippen molar-refractivity contribution < 1.29 is 0 Å². The first kappa shape index (κ1) is 16.4. The van der Waals surface area contributed by atoms with Crippen molar-refractivity contribution in [2.75, 3.05) is 0 Å². The Morgan fingerprint density at radius 1 is 1.16 bits per heavy atom. The molecule has 0 saturated carbocycles. The van der Waals surface area contributed by atoms with Crippen LogP contribution in [0, 0.1) is 0 Å². The zero-order valence-electron chi connectivity index (χ0n) is 13.4. The lowest BCUT2D eigenvalue weighted by Crippen LogP contribution is -2.21. The summed E-state index contributed by atoms with van der Waals surface area (Å²) in [6.07, 6.45) is 2.51. The van der Waals surface area contributed by atoms with Crippen LogP contribution in [0.5, 0.6) is 0 Å². The first-order valence-electron chi connectivity index (χ1n) is 7.81. The third kappa shape index (κ3) is 3.13. The van der Waals surface area contributed by atoms with Crippen molar-refractivity contribution in [2.24, 2.45) is 0 Å². The van der Waals surface area contributed by atoms with Crippen LogP contribution in [-0.2, 0) is 13.0 Å². The molecule has 4 rings (SSSR count). The van der Waals surface area contributed by atoms with Crippen LogP contribution in [-0.4, -0.2) is 14.5 Å². The van der Waals surface area contributed by atoms with Crippen molar-refractivity contribution in [1.29, 1.82) is 0 Å². The van der Waals surface area contributed by atoms with E-state index in [0.29, 0.717) is 17.0 Å². The van der Waals surface area contributed by atoms with Crippen molar-refractivity contribution in [1.82, 2.24) is 14.5 Å². The molecule has 0 saturated heterocycles. The Morgan fingerprint density at radius 3 is 2.68 bits per heavy atom. The summed E-state index contributed by atoms with van der Waals surface area (Å²) in [7, 11) is 0. The van der Waals surface area contributed by atoms with Crippen molar-refractivity contribution in [2.45, 2.75) is 19.9 Å². The minimum Gasteiger partial charge on any atom is -0.293 e. The van der Waals surface area contributed by atoms with Crippen LogP contribution in [0.3, 0.4) is 0 Å². The van der Waals surface area contributed by atoms with E-state index >= 15 is 0 Å². The highest BCUT2D eigenvalue weighted by Gasteiger charge is 2.14. The Kier molecular flexibility index (Phi) is 4.41. The second kappa shape index (κ2) is 6.71. The van der Waals surface area contributed by atoms with Gasteiger partial charge in [0.05, 0.1) is 29.0 Å². The number of rotatable bonds is 4. The van der Waals surface area contributed by atoms with Crippen molar-refractivity contribution in [3.63, 3.8) is 0 Å². The lowest BCUT2D eigenvalue weighted by atomic mass is 10.1. The van der Waals surface area contributed by atoms with Gasteiger partial charge in [0, 0.05) is 21.3 Å². The lowest BCUT2D eigenvalue weighted by Gasteiger charge is -2.05. The molecule has 0 aliphatic carbocycles. The van der Waals surface area contributed by atoms with E-state index in [9.17, 15) is 4.79 Å². The van der Waals surface area contributed by atoms with Gasteiger partial charge in [-0.05, 0) is 24.1 Å². The Labute approximate surface area is 157 Å².